The number of rotatable bonds is 4. The second-order valence-corrected chi connectivity index (χ2v) is 4.76. The minimum Gasteiger partial charge on any atom is -0.495 e. The van der Waals surface area contributed by atoms with Crippen molar-refractivity contribution in [2.45, 2.75) is 38.4 Å². The van der Waals surface area contributed by atoms with Gasteiger partial charge in [-0.1, -0.05) is 30.7 Å². The molecule has 0 heterocycles. The maximum absolute atomic E-state index is 5.91. The van der Waals surface area contributed by atoms with Gasteiger partial charge in [-0.25, -0.2) is 0 Å². The second-order valence-electron chi connectivity index (χ2n) is 4.76. The van der Waals surface area contributed by atoms with E-state index in [4.69, 9.17) is 15.2 Å². The van der Waals surface area contributed by atoms with Crippen LogP contribution in [0, 0.1) is 11.8 Å². The lowest BCUT2D eigenvalue weighted by Crippen LogP contribution is -2.07. The van der Waals surface area contributed by atoms with Crippen molar-refractivity contribution in [3.05, 3.63) is 29.3 Å². The maximum Gasteiger partial charge on any atom is 0.134 e. The van der Waals surface area contributed by atoms with Gasteiger partial charge >= 0.3 is 0 Å². The normalized spacial score (nSPS) is 15.1. The Morgan fingerprint density at radius 2 is 2.11 bits per heavy atom. The van der Waals surface area contributed by atoms with Crippen molar-refractivity contribution in [1.82, 2.24) is 0 Å². The molecule has 3 nitrogen and oxygen atoms in total. The van der Waals surface area contributed by atoms with Crippen LogP contribution in [0.3, 0.4) is 0 Å². The predicted molar refractivity (Wildman–Crippen MR) is 76.0 cm³/mol. The molecular formula is C16H21NO2. The van der Waals surface area contributed by atoms with Gasteiger partial charge in [0.2, 0.25) is 0 Å². The van der Waals surface area contributed by atoms with Gasteiger partial charge in [0.15, 0.2) is 0 Å². The molecule has 102 valence electrons. The Kier molecular flexibility index (Phi) is 5.26. The van der Waals surface area contributed by atoms with Crippen LogP contribution in [0.5, 0.6) is 5.75 Å². The molecule has 0 amide bonds. The predicted octanol–water partition coefficient (Wildman–Crippen LogP) is 2.46. The quantitative estimate of drug-likeness (QED) is 0.845. The topological polar surface area (TPSA) is 44.5 Å². The fourth-order valence-electron chi connectivity index (χ4n) is 2.36. The van der Waals surface area contributed by atoms with Gasteiger partial charge in [0.1, 0.15) is 5.75 Å². The van der Waals surface area contributed by atoms with Gasteiger partial charge in [0, 0.05) is 0 Å². The Hall–Kier alpha value is -1.50. The van der Waals surface area contributed by atoms with E-state index in [-0.39, 0.29) is 0 Å². The van der Waals surface area contributed by atoms with Gasteiger partial charge < -0.3 is 15.2 Å². The summed E-state index contributed by atoms with van der Waals surface area (Å²) in [6.45, 7) is 0.998. The van der Waals surface area contributed by atoms with Crippen LogP contribution in [0.1, 0.15) is 36.8 Å². The lowest BCUT2D eigenvalue weighted by atomic mass is 10.1. The standard InChI is InChI=1S/C16H21NO2/c1-18-16-9-8-13(11-14(16)5-4-10-17)12-19-15-6-2-3-7-15/h8-9,11,15H,2-3,6-7,10,12,17H2,1H3. The molecule has 0 aliphatic heterocycles. The molecule has 1 aliphatic carbocycles. The summed E-state index contributed by atoms with van der Waals surface area (Å²) in [5.74, 6) is 6.68. The van der Waals surface area contributed by atoms with Crippen LogP contribution < -0.4 is 10.5 Å². The van der Waals surface area contributed by atoms with E-state index in [0.29, 0.717) is 19.3 Å². The van der Waals surface area contributed by atoms with Gasteiger partial charge in [-0.15, -0.1) is 0 Å². The van der Waals surface area contributed by atoms with Crippen molar-refractivity contribution in [3.63, 3.8) is 0 Å². The molecule has 1 aliphatic rings. The van der Waals surface area contributed by atoms with E-state index in [0.717, 1.165) is 16.9 Å². The van der Waals surface area contributed by atoms with E-state index < -0.39 is 0 Å². The molecule has 1 aromatic rings. The first-order chi connectivity index (χ1) is 9.33. The number of benzene rings is 1. The van der Waals surface area contributed by atoms with Gasteiger partial charge in [0.25, 0.3) is 0 Å². The number of nitrogens with two attached hydrogens (primary N) is 1. The summed E-state index contributed by atoms with van der Waals surface area (Å²) in [6.07, 6.45) is 5.40. The van der Waals surface area contributed by atoms with Crippen molar-refractivity contribution in [3.8, 4) is 17.6 Å². The molecule has 2 rings (SSSR count). The van der Waals surface area contributed by atoms with E-state index in [1.165, 1.54) is 25.7 Å². The van der Waals surface area contributed by atoms with Crippen LogP contribution in [0.4, 0.5) is 0 Å². The molecule has 0 unspecified atom stereocenters. The molecule has 1 saturated carbocycles. The zero-order valence-electron chi connectivity index (χ0n) is 11.4. The van der Waals surface area contributed by atoms with Crippen LogP contribution in [-0.4, -0.2) is 19.8 Å². The lowest BCUT2D eigenvalue weighted by Gasteiger charge is -2.12. The molecule has 0 atom stereocenters. The molecule has 0 radical (unpaired) electrons. The SMILES string of the molecule is COc1ccc(COC2CCCC2)cc1C#CCN. The zero-order chi connectivity index (χ0) is 13.5. The molecule has 2 N–H and O–H groups in total. The van der Waals surface area contributed by atoms with E-state index in [9.17, 15) is 0 Å². The molecular weight excluding hydrogens is 238 g/mol. The Morgan fingerprint density at radius 1 is 1.32 bits per heavy atom. The largest absolute Gasteiger partial charge is 0.495 e. The molecule has 0 bridgehead atoms. The molecule has 0 spiro atoms. The summed E-state index contributed by atoms with van der Waals surface area (Å²) < 4.78 is 11.2. The first-order valence-corrected chi connectivity index (χ1v) is 6.81. The lowest BCUT2D eigenvalue weighted by molar-refractivity contribution is 0.0456. The van der Waals surface area contributed by atoms with E-state index in [2.05, 4.69) is 11.8 Å². The van der Waals surface area contributed by atoms with E-state index >= 15 is 0 Å². The van der Waals surface area contributed by atoms with E-state index in [1.807, 2.05) is 18.2 Å². The first-order valence-electron chi connectivity index (χ1n) is 6.81. The fraction of sp³-hybridized carbons (Fsp3) is 0.500. The maximum atomic E-state index is 5.91. The van der Waals surface area contributed by atoms with Gasteiger partial charge in [0.05, 0.1) is 31.9 Å². The fourth-order valence-corrected chi connectivity index (χ4v) is 2.36. The van der Waals surface area contributed by atoms with Crippen molar-refractivity contribution in [1.29, 1.82) is 0 Å². The minimum absolute atomic E-state index is 0.353. The number of hydrogen-bond acceptors (Lipinski definition) is 3. The van der Waals surface area contributed by atoms with E-state index in [1.54, 1.807) is 7.11 Å². The monoisotopic (exact) mass is 259 g/mol. The summed E-state index contributed by atoms with van der Waals surface area (Å²) in [4.78, 5) is 0. The highest BCUT2D eigenvalue weighted by Gasteiger charge is 2.15. The van der Waals surface area contributed by atoms with Crippen LogP contribution in [0.15, 0.2) is 18.2 Å². The average molecular weight is 259 g/mol. The van der Waals surface area contributed by atoms with Crippen LogP contribution in [0.25, 0.3) is 0 Å². The molecule has 0 saturated heterocycles. The van der Waals surface area contributed by atoms with Crippen LogP contribution >= 0.6 is 0 Å². The Bertz CT molecular complexity index is 467. The highest BCUT2D eigenvalue weighted by molar-refractivity contribution is 5.48. The van der Waals surface area contributed by atoms with Crippen molar-refractivity contribution >= 4 is 0 Å². The highest BCUT2D eigenvalue weighted by atomic mass is 16.5. The van der Waals surface area contributed by atoms with Crippen LogP contribution in [0.2, 0.25) is 0 Å². The molecule has 1 aromatic carbocycles. The third kappa shape index (κ3) is 3.99. The van der Waals surface area contributed by atoms with Gasteiger partial charge in [-0.2, -0.15) is 0 Å². The Morgan fingerprint density at radius 3 is 2.79 bits per heavy atom. The van der Waals surface area contributed by atoms with Crippen LogP contribution in [-0.2, 0) is 11.3 Å². The van der Waals surface area contributed by atoms with Crippen molar-refractivity contribution in [2.75, 3.05) is 13.7 Å². The highest BCUT2D eigenvalue weighted by Crippen LogP contribution is 2.24. The second kappa shape index (κ2) is 7.18. The number of methoxy groups -OCH3 is 1. The van der Waals surface area contributed by atoms with Crippen molar-refractivity contribution < 1.29 is 9.47 Å². The van der Waals surface area contributed by atoms with Crippen molar-refractivity contribution in [2.24, 2.45) is 5.73 Å². The Balaban J connectivity index is 2.03. The number of hydrogen-bond donors (Lipinski definition) is 1. The summed E-state index contributed by atoms with van der Waals surface area (Å²) in [5, 5.41) is 0. The smallest absolute Gasteiger partial charge is 0.134 e. The molecule has 1 fully saturated rings. The Labute approximate surface area is 115 Å². The first kappa shape index (κ1) is 13.9. The third-order valence-electron chi connectivity index (χ3n) is 3.38. The summed E-state index contributed by atoms with van der Waals surface area (Å²) in [7, 11) is 1.65. The zero-order valence-corrected chi connectivity index (χ0v) is 11.4. The third-order valence-corrected chi connectivity index (χ3v) is 3.38. The number of ether oxygens (including phenoxy) is 2. The molecule has 0 aromatic heterocycles. The molecule has 19 heavy (non-hydrogen) atoms. The summed E-state index contributed by atoms with van der Waals surface area (Å²) in [5.41, 5.74) is 7.42. The van der Waals surface area contributed by atoms with Gasteiger partial charge in [-0.3, -0.25) is 0 Å². The summed E-state index contributed by atoms with van der Waals surface area (Å²) in [6, 6.07) is 5.99. The van der Waals surface area contributed by atoms with Gasteiger partial charge in [-0.05, 0) is 30.5 Å². The average Bonchev–Trinajstić information content (AvgIpc) is 2.96. The summed E-state index contributed by atoms with van der Waals surface area (Å²) >= 11 is 0. The molecule has 3 heteroatoms. The minimum atomic E-state index is 0.353.